The summed E-state index contributed by atoms with van der Waals surface area (Å²) in [5, 5.41) is 10.0. The molecule has 66 valence electrons. The lowest BCUT2D eigenvalue weighted by Crippen LogP contribution is -1.89. The normalized spacial score (nSPS) is 10.6. The van der Waals surface area contributed by atoms with Crippen LogP contribution in [-0.4, -0.2) is 10.1 Å². The molecule has 0 bridgehead atoms. The first kappa shape index (κ1) is 8.20. The number of benzene rings is 1. The maximum absolute atomic E-state index is 8.89. The second-order valence-electron chi connectivity index (χ2n) is 3.16. The molecule has 2 rings (SSSR count). The van der Waals surface area contributed by atoms with Crippen molar-refractivity contribution in [3.8, 4) is 0 Å². The van der Waals surface area contributed by atoms with E-state index >= 15 is 0 Å². The Balaban J connectivity index is 2.66. The van der Waals surface area contributed by atoms with E-state index in [2.05, 4.69) is 18.0 Å². The fourth-order valence-electron chi connectivity index (χ4n) is 1.38. The summed E-state index contributed by atoms with van der Waals surface area (Å²) in [6.07, 6.45) is 0. The van der Waals surface area contributed by atoms with Gasteiger partial charge < -0.3 is 5.11 Å². The Morgan fingerprint density at radius 1 is 1.23 bits per heavy atom. The molecule has 0 aliphatic heterocycles. The third-order valence-electron chi connectivity index (χ3n) is 2.06. The Labute approximate surface area is 76.9 Å². The zero-order valence-electron chi connectivity index (χ0n) is 7.49. The lowest BCUT2D eigenvalue weighted by molar-refractivity contribution is 0.277. The molecule has 1 aromatic heterocycles. The molecule has 2 heteroatoms. The van der Waals surface area contributed by atoms with E-state index in [1.807, 2.05) is 24.3 Å². The lowest BCUT2D eigenvalue weighted by atomic mass is 10.1. The SMILES string of the molecule is Cc1ccc2nc(CO)ccc2c1. The predicted octanol–water partition coefficient (Wildman–Crippen LogP) is 2.04. The van der Waals surface area contributed by atoms with E-state index in [0.717, 1.165) is 16.6 Å². The number of pyridine rings is 1. The van der Waals surface area contributed by atoms with Crippen LogP contribution in [0.4, 0.5) is 0 Å². The first-order chi connectivity index (χ1) is 6.29. The van der Waals surface area contributed by atoms with Crippen LogP contribution in [-0.2, 0) is 6.61 Å². The molecular formula is C11H11NO. The largest absolute Gasteiger partial charge is 0.390 e. The fourth-order valence-corrected chi connectivity index (χ4v) is 1.38. The summed E-state index contributed by atoms with van der Waals surface area (Å²) in [6.45, 7) is 2.06. The zero-order chi connectivity index (χ0) is 9.26. The van der Waals surface area contributed by atoms with Crippen LogP contribution in [0.2, 0.25) is 0 Å². The highest BCUT2D eigenvalue weighted by Gasteiger charge is 1.96. The summed E-state index contributed by atoms with van der Waals surface area (Å²) in [7, 11) is 0. The van der Waals surface area contributed by atoms with Gasteiger partial charge in [0.1, 0.15) is 0 Å². The number of aliphatic hydroxyl groups is 1. The van der Waals surface area contributed by atoms with Crippen LogP contribution in [0.15, 0.2) is 30.3 Å². The van der Waals surface area contributed by atoms with Crippen LogP contribution >= 0.6 is 0 Å². The van der Waals surface area contributed by atoms with Gasteiger partial charge in [-0.3, -0.25) is 4.98 Å². The van der Waals surface area contributed by atoms with Gasteiger partial charge in [0.05, 0.1) is 17.8 Å². The first-order valence-electron chi connectivity index (χ1n) is 4.27. The van der Waals surface area contributed by atoms with E-state index in [1.54, 1.807) is 0 Å². The van der Waals surface area contributed by atoms with Gasteiger partial charge in [0.25, 0.3) is 0 Å². The number of hydrogen-bond acceptors (Lipinski definition) is 2. The number of rotatable bonds is 1. The van der Waals surface area contributed by atoms with Crippen molar-refractivity contribution in [1.82, 2.24) is 4.98 Å². The number of aryl methyl sites for hydroxylation is 1. The van der Waals surface area contributed by atoms with Crippen molar-refractivity contribution in [2.45, 2.75) is 13.5 Å². The van der Waals surface area contributed by atoms with Crippen molar-refractivity contribution < 1.29 is 5.11 Å². The van der Waals surface area contributed by atoms with Crippen molar-refractivity contribution in [2.24, 2.45) is 0 Å². The molecule has 2 nitrogen and oxygen atoms in total. The van der Waals surface area contributed by atoms with Crippen LogP contribution in [0.3, 0.4) is 0 Å². The zero-order valence-corrected chi connectivity index (χ0v) is 7.49. The van der Waals surface area contributed by atoms with E-state index in [1.165, 1.54) is 5.56 Å². The van der Waals surface area contributed by atoms with E-state index in [4.69, 9.17) is 5.11 Å². The van der Waals surface area contributed by atoms with Crippen molar-refractivity contribution in [3.63, 3.8) is 0 Å². The van der Waals surface area contributed by atoms with Gasteiger partial charge in [0.15, 0.2) is 0 Å². The molecule has 1 heterocycles. The van der Waals surface area contributed by atoms with Gasteiger partial charge in [0.2, 0.25) is 0 Å². The van der Waals surface area contributed by atoms with E-state index in [-0.39, 0.29) is 6.61 Å². The van der Waals surface area contributed by atoms with Gasteiger partial charge in [-0.2, -0.15) is 0 Å². The fraction of sp³-hybridized carbons (Fsp3) is 0.182. The molecule has 0 radical (unpaired) electrons. The van der Waals surface area contributed by atoms with Gasteiger partial charge in [-0.25, -0.2) is 0 Å². The van der Waals surface area contributed by atoms with Gasteiger partial charge in [0, 0.05) is 5.39 Å². The highest BCUT2D eigenvalue weighted by molar-refractivity contribution is 5.79. The van der Waals surface area contributed by atoms with Crippen molar-refractivity contribution in [1.29, 1.82) is 0 Å². The third kappa shape index (κ3) is 1.53. The van der Waals surface area contributed by atoms with Crippen LogP contribution in [0, 0.1) is 6.92 Å². The predicted molar refractivity (Wildman–Crippen MR) is 52.4 cm³/mol. The maximum atomic E-state index is 8.89. The quantitative estimate of drug-likeness (QED) is 0.715. The third-order valence-corrected chi connectivity index (χ3v) is 2.06. The summed E-state index contributed by atoms with van der Waals surface area (Å²) in [5.74, 6) is 0. The number of hydrogen-bond donors (Lipinski definition) is 1. The Hall–Kier alpha value is -1.41. The molecule has 1 N–H and O–H groups in total. The summed E-state index contributed by atoms with van der Waals surface area (Å²) in [6, 6.07) is 9.92. The molecule has 0 fully saturated rings. The maximum Gasteiger partial charge on any atom is 0.0853 e. The summed E-state index contributed by atoms with van der Waals surface area (Å²) >= 11 is 0. The number of aliphatic hydroxyl groups excluding tert-OH is 1. The molecule has 2 aromatic rings. The second-order valence-corrected chi connectivity index (χ2v) is 3.16. The van der Waals surface area contributed by atoms with Crippen LogP contribution in [0.1, 0.15) is 11.3 Å². The minimum absolute atomic E-state index is 0.00379. The molecule has 0 aliphatic carbocycles. The Bertz CT molecular complexity index is 437. The smallest absolute Gasteiger partial charge is 0.0853 e. The lowest BCUT2D eigenvalue weighted by Gasteiger charge is -2.00. The minimum Gasteiger partial charge on any atom is -0.390 e. The highest BCUT2D eigenvalue weighted by atomic mass is 16.3. The molecule has 0 aliphatic rings. The van der Waals surface area contributed by atoms with Crippen molar-refractivity contribution >= 4 is 10.9 Å². The Morgan fingerprint density at radius 2 is 2.08 bits per heavy atom. The Kier molecular flexibility index (Phi) is 1.99. The van der Waals surface area contributed by atoms with E-state index in [0.29, 0.717) is 0 Å². The van der Waals surface area contributed by atoms with Crippen molar-refractivity contribution in [3.05, 3.63) is 41.6 Å². The topological polar surface area (TPSA) is 33.1 Å². The van der Waals surface area contributed by atoms with Crippen LogP contribution in [0.25, 0.3) is 10.9 Å². The van der Waals surface area contributed by atoms with Gasteiger partial charge >= 0.3 is 0 Å². The molecule has 0 saturated carbocycles. The average Bonchev–Trinajstić information content (AvgIpc) is 2.17. The summed E-state index contributed by atoms with van der Waals surface area (Å²) in [5.41, 5.74) is 2.89. The Morgan fingerprint density at radius 3 is 2.85 bits per heavy atom. The molecule has 0 unspecified atom stereocenters. The van der Waals surface area contributed by atoms with Crippen LogP contribution < -0.4 is 0 Å². The van der Waals surface area contributed by atoms with Crippen LogP contribution in [0.5, 0.6) is 0 Å². The number of aromatic nitrogens is 1. The summed E-state index contributed by atoms with van der Waals surface area (Å²) < 4.78 is 0. The van der Waals surface area contributed by atoms with E-state index < -0.39 is 0 Å². The van der Waals surface area contributed by atoms with Gasteiger partial charge in [-0.1, -0.05) is 17.7 Å². The first-order valence-corrected chi connectivity index (χ1v) is 4.27. The second kappa shape index (κ2) is 3.15. The monoisotopic (exact) mass is 173 g/mol. The number of fused-ring (bicyclic) bond motifs is 1. The standard InChI is InChI=1S/C11H11NO/c1-8-2-5-11-9(6-8)3-4-10(7-13)12-11/h2-6,13H,7H2,1H3. The molecule has 0 spiro atoms. The molecular weight excluding hydrogens is 162 g/mol. The highest BCUT2D eigenvalue weighted by Crippen LogP contribution is 2.14. The molecule has 13 heavy (non-hydrogen) atoms. The molecule has 1 aromatic carbocycles. The average molecular weight is 173 g/mol. The number of nitrogens with zero attached hydrogens (tertiary/aromatic N) is 1. The molecule has 0 saturated heterocycles. The van der Waals surface area contributed by atoms with Crippen molar-refractivity contribution in [2.75, 3.05) is 0 Å². The van der Waals surface area contributed by atoms with Gasteiger partial charge in [-0.15, -0.1) is 0 Å². The van der Waals surface area contributed by atoms with Gasteiger partial charge in [-0.05, 0) is 25.1 Å². The van der Waals surface area contributed by atoms with E-state index in [9.17, 15) is 0 Å². The molecule has 0 amide bonds. The minimum atomic E-state index is 0.00379. The molecule has 0 atom stereocenters. The summed E-state index contributed by atoms with van der Waals surface area (Å²) in [4.78, 5) is 4.28.